The maximum atomic E-state index is 11.8. The van der Waals surface area contributed by atoms with Gasteiger partial charge in [-0.15, -0.1) is 0 Å². The largest absolute Gasteiger partial charge is 0.481 e. The third kappa shape index (κ3) is 1.91. The molecule has 1 aromatic heterocycles. The van der Waals surface area contributed by atoms with Crippen LogP contribution in [-0.2, 0) is 4.79 Å². The van der Waals surface area contributed by atoms with E-state index in [-0.39, 0.29) is 18.1 Å². The molecule has 0 unspecified atom stereocenters. The molecule has 0 aromatic carbocycles. The van der Waals surface area contributed by atoms with Crippen molar-refractivity contribution in [3.63, 3.8) is 0 Å². The molecule has 0 spiro atoms. The van der Waals surface area contributed by atoms with Crippen molar-refractivity contribution in [3.8, 4) is 0 Å². The predicted molar refractivity (Wildman–Crippen MR) is 52.9 cm³/mol. The number of hydrogen-bond donors (Lipinski definition) is 1. The Balaban J connectivity index is 2.05. The summed E-state index contributed by atoms with van der Waals surface area (Å²) in [6.07, 6.45) is 1.80. The summed E-state index contributed by atoms with van der Waals surface area (Å²) in [7, 11) is 0. The van der Waals surface area contributed by atoms with Gasteiger partial charge in [-0.1, -0.05) is 0 Å². The van der Waals surface area contributed by atoms with Crippen LogP contribution >= 0.6 is 0 Å². The number of amides is 1. The minimum absolute atomic E-state index is 0.239. The average Bonchev–Trinajstić information content (AvgIpc) is 2.84. The van der Waals surface area contributed by atoms with E-state index in [9.17, 15) is 9.59 Å². The Labute approximate surface area is 91.9 Å². The highest BCUT2D eigenvalue weighted by Gasteiger charge is 2.32. The Morgan fingerprint density at radius 1 is 1.62 bits per heavy atom. The van der Waals surface area contributed by atoms with Crippen molar-refractivity contribution in [2.75, 3.05) is 13.1 Å². The Hall–Kier alpha value is -1.85. The van der Waals surface area contributed by atoms with Crippen molar-refractivity contribution in [1.29, 1.82) is 0 Å². The average molecular weight is 224 g/mol. The van der Waals surface area contributed by atoms with Gasteiger partial charge < -0.3 is 14.4 Å². The highest BCUT2D eigenvalue weighted by molar-refractivity contribution is 5.92. The third-order valence-corrected chi connectivity index (χ3v) is 2.66. The summed E-state index contributed by atoms with van der Waals surface area (Å²) in [5.41, 5.74) is 0.239. The lowest BCUT2D eigenvalue weighted by Crippen LogP contribution is -2.30. The fraction of sp³-hybridized carbons (Fsp3) is 0.500. The molecule has 2 heterocycles. The summed E-state index contributed by atoms with van der Waals surface area (Å²) in [6, 6.07) is 0. The molecule has 1 N–H and O–H groups in total. The molecule has 0 saturated carbocycles. The van der Waals surface area contributed by atoms with E-state index in [0.717, 1.165) is 0 Å². The van der Waals surface area contributed by atoms with Gasteiger partial charge in [-0.3, -0.25) is 9.59 Å². The zero-order chi connectivity index (χ0) is 11.7. The van der Waals surface area contributed by atoms with Gasteiger partial charge in [-0.25, -0.2) is 4.98 Å². The molecule has 2 rings (SSSR count). The fourth-order valence-electron chi connectivity index (χ4n) is 1.77. The fourth-order valence-corrected chi connectivity index (χ4v) is 1.77. The second-order valence-corrected chi connectivity index (χ2v) is 3.83. The number of carbonyl (C=O) groups excluding carboxylic acids is 1. The summed E-state index contributed by atoms with van der Waals surface area (Å²) in [5.74, 6) is -1.15. The van der Waals surface area contributed by atoms with E-state index < -0.39 is 11.9 Å². The number of aliphatic carboxylic acids is 1. The van der Waals surface area contributed by atoms with Gasteiger partial charge in [0.15, 0.2) is 11.6 Å². The zero-order valence-corrected chi connectivity index (χ0v) is 8.84. The molecule has 1 aromatic rings. The lowest BCUT2D eigenvalue weighted by Gasteiger charge is -2.13. The van der Waals surface area contributed by atoms with E-state index in [2.05, 4.69) is 4.98 Å². The molecule has 1 amide bonds. The third-order valence-electron chi connectivity index (χ3n) is 2.66. The molecule has 1 fully saturated rings. The highest BCUT2D eigenvalue weighted by Crippen LogP contribution is 2.18. The molecule has 0 radical (unpaired) electrons. The lowest BCUT2D eigenvalue weighted by atomic mass is 10.1. The van der Waals surface area contributed by atoms with E-state index in [1.54, 1.807) is 6.92 Å². The van der Waals surface area contributed by atoms with Gasteiger partial charge in [-0.05, 0) is 6.42 Å². The van der Waals surface area contributed by atoms with Crippen molar-refractivity contribution < 1.29 is 19.1 Å². The number of likely N-dealkylation sites (tertiary alicyclic amines) is 1. The number of rotatable bonds is 2. The van der Waals surface area contributed by atoms with Gasteiger partial charge in [0.1, 0.15) is 6.26 Å². The summed E-state index contributed by atoms with van der Waals surface area (Å²) in [4.78, 5) is 28.0. The molecule has 0 bridgehead atoms. The Morgan fingerprint density at radius 2 is 2.38 bits per heavy atom. The van der Waals surface area contributed by atoms with Gasteiger partial charge in [-0.2, -0.15) is 0 Å². The summed E-state index contributed by atoms with van der Waals surface area (Å²) < 4.78 is 4.94. The first-order valence-electron chi connectivity index (χ1n) is 5.02. The molecule has 1 saturated heterocycles. The standard InChI is InChI=1S/C10H12N2O4/c1-6-11-8(5-16-6)9(13)12-3-2-7(4-12)10(14)15/h5,7H,2-4H2,1H3,(H,14,15)/t7-/m0/s1. The van der Waals surface area contributed by atoms with Crippen LogP contribution in [0, 0.1) is 12.8 Å². The van der Waals surface area contributed by atoms with Crippen molar-refractivity contribution in [2.45, 2.75) is 13.3 Å². The van der Waals surface area contributed by atoms with Crippen LogP contribution in [0.15, 0.2) is 10.7 Å². The quantitative estimate of drug-likeness (QED) is 0.792. The Morgan fingerprint density at radius 3 is 2.88 bits per heavy atom. The number of carbonyl (C=O) groups is 2. The summed E-state index contributed by atoms with van der Waals surface area (Å²) in [6.45, 7) is 2.36. The summed E-state index contributed by atoms with van der Waals surface area (Å²) in [5, 5.41) is 8.82. The van der Waals surface area contributed by atoms with E-state index in [1.165, 1.54) is 11.2 Å². The van der Waals surface area contributed by atoms with Gasteiger partial charge in [0.2, 0.25) is 0 Å². The van der Waals surface area contributed by atoms with Crippen LogP contribution in [0.1, 0.15) is 22.8 Å². The minimum atomic E-state index is -0.855. The number of aromatic nitrogens is 1. The first-order chi connectivity index (χ1) is 7.58. The molecule has 1 atom stereocenters. The molecule has 1 aliphatic rings. The van der Waals surface area contributed by atoms with E-state index in [1.807, 2.05) is 0 Å². The Bertz CT molecular complexity index is 426. The Kier molecular flexibility index (Phi) is 2.64. The normalized spacial score (nSPS) is 20.1. The van der Waals surface area contributed by atoms with Crippen molar-refractivity contribution in [1.82, 2.24) is 9.88 Å². The number of aryl methyl sites for hydroxylation is 1. The first-order valence-corrected chi connectivity index (χ1v) is 5.02. The van der Waals surface area contributed by atoms with Gasteiger partial charge >= 0.3 is 5.97 Å². The first kappa shape index (κ1) is 10.7. The number of carboxylic acids is 1. The van der Waals surface area contributed by atoms with Crippen LogP contribution in [-0.4, -0.2) is 40.0 Å². The van der Waals surface area contributed by atoms with Crippen LogP contribution in [0.5, 0.6) is 0 Å². The van der Waals surface area contributed by atoms with E-state index >= 15 is 0 Å². The second-order valence-electron chi connectivity index (χ2n) is 3.83. The topological polar surface area (TPSA) is 83.6 Å². The van der Waals surface area contributed by atoms with E-state index in [4.69, 9.17) is 9.52 Å². The molecule has 86 valence electrons. The second kappa shape index (κ2) is 3.96. The van der Waals surface area contributed by atoms with Gasteiger partial charge in [0, 0.05) is 20.0 Å². The maximum absolute atomic E-state index is 11.8. The van der Waals surface area contributed by atoms with Gasteiger partial charge in [0.25, 0.3) is 5.91 Å². The minimum Gasteiger partial charge on any atom is -0.481 e. The number of carboxylic acid groups (broad SMARTS) is 1. The van der Waals surface area contributed by atoms with Crippen LogP contribution in [0.4, 0.5) is 0 Å². The van der Waals surface area contributed by atoms with Crippen LogP contribution in [0.25, 0.3) is 0 Å². The monoisotopic (exact) mass is 224 g/mol. The zero-order valence-electron chi connectivity index (χ0n) is 8.84. The number of oxazole rings is 1. The van der Waals surface area contributed by atoms with Crippen LogP contribution < -0.4 is 0 Å². The molecule has 1 aliphatic heterocycles. The van der Waals surface area contributed by atoms with Crippen LogP contribution in [0.2, 0.25) is 0 Å². The van der Waals surface area contributed by atoms with Gasteiger partial charge in [0.05, 0.1) is 5.92 Å². The van der Waals surface area contributed by atoms with E-state index in [0.29, 0.717) is 18.9 Å². The lowest BCUT2D eigenvalue weighted by molar-refractivity contribution is -0.141. The van der Waals surface area contributed by atoms with Crippen molar-refractivity contribution in [2.24, 2.45) is 5.92 Å². The number of nitrogens with zero attached hydrogens (tertiary/aromatic N) is 2. The molecular weight excluding hydrogens is 212 g/mol. The molecule has 6 nitrogen and oxygen atoms in total. The molecule has 6 heteroatoms. The summed E-state index contributed by atoms with van der Waals surface area (Å²) >= 11 is 0. The molecule has 0 aliphatic carbocycles. The smallest absolute Gasteiger partial charge is 0.308 e. The van der Waals surface area contributed by atoms with Crippen LogP contribution in [0.3, 0.4) is 0 Å². The molecule has 16 heavy (non-hydrogen) atoms. The highest BCUT2D eigenvalue weighted by atomic mass is 16.4. The van der Waals surface area contributed by atoms with Crippen molar-refractivity contribution >= 4 is 11.9 Å². The maximum Gasteiger partial charge on any atom is 0.308 e. The predicted octanol–water partition coefficient (Wildman–Crippen LogP) is 0.530. The molecular formula is C10H12N2O4. The van der Waals surface area contributed by atoms with Crippen molar-refractivity contribution in [3.05, 3.63) is 17.8 Å². The SMILES string of the molecule is Cc1nc(C(=O)N2CC[C@H](C(=O)O)C2)co1. The number of hydrogen-bond acceptors (Lipinski definition) is 4.